The highest BCUT2D eigenvalue weighted by atomic mass is 19.1. The van der Waals surface area contributed by atoms with Crippen LogP contribution in [0.3, 0.4) is 0 Å². The van der Waals surface area contributed by atoms with Crippen molar-refractivity contribution in [1.29, 1.82) is 0 Å². The number of amides is 5. The molecule has 162 valence electrons. The molecule has 30 heavy (non-hydrogen) atoms. The van der Waals surface area contributed by atoms with Crippen LogP contribution >= 0.6 is 0 Å². The van der Waals surface area contributed by atoms with Crippen LogP contribution in [0.4, 0.5) is 9.18 Å². The summed E-state index contributed by atoms with van der Waals surface area (Å²) in [6, 6.07) is 5.36. The number of imide groups is 1. The fourth-order valence-electron chi connectivity index (χ4n) is 4.10. The maximum absolute atomic E-state index is 13.0. The number of hydrogen-bond acceptors (Lipinski definition) is 4. The molecule has 1 aromatic rings. The molecule has 1 saturated carbocycles. The molecule has 2 fully saturated rings. The van der Waals surface area contributed by atoms with Crippen LogP contribution in [0.1, 0.15) is 44.1 Å². The Morgan fingerprint density at radius 3 is 2.50 bits per heavy atom. The maximum atomic E-state index is 13.0. The number of carbonyl (C=O) groups is 4. The van der Waals surface area contributed by atoms with E-state index in [2.05, 4.69) is 10.6 Å². The minimum atomic E-state index is -0.742. The molecule has 1 aliphatic heterocycles. The first-order valence-corrected chi connectivity index (χ1v) is 10.3. The minimum Gasteiger partial charge on any atom is -0.369 e. The van der Waals surface area contributed by atoms with Gasteiger partial charge >= 0.3 is 6.03 Å². The molecule has 1 spiro atoms. The van der Waals surface area contributed by atoms with Crippen LogP contribution in [-0.2, 0) is 20.8 Å². The molecule has 0 radical (unpaired) electrons. The van der Waals surface area contributed by atoms with E-state index in [-0.39, 0.29) is 37.1 Å². The number of nitrogens with zero attached hydrogens (tertiary/aromatic N) is 1. The van der Waals surface area contributed by atoms with Gasteiger partial charge in [0.25, 0.3) is 5.91 Å². The summed E-state index contributed by atoms with van der Waals surface area (Å²) in [4.78, 5) is 49.7. The smallest absolute Gasteiger partial charge is 0.325 e. The van der Waals surface area contributed by atoms with Gasteiger partial charge in [0, 0.05) is 19.5 Å². The van der Waals surface area contributed by atoms with Crippen LogP contribution in [-0.4, -0.2) is 47.3 Å². The van der Waals surface area contributed by atoms with Gasteiger partial charge in [0.15, 0.2) is 0 Å². The molecule has 8 nitrogen and oxygen atoms in total. The van der Waals surface area contributed by atoms with Crippen molar-refractivity contribution in [2.24, 2.45) is 11.7 Å². The van der Waals surface area contributed by atoms with Gasteiger partial charge in [-0.15, -0.1) is 0 Å². The van der Waals surface area contributed by atoms with Crippen LogP contribution in [0.2, 0.25) is 0 Å². The lowest BCUT2D eigenvalue weighted by atomic mass is 9.98. The quantitative estimate of drug-likeness (QED) is 0.522. The second-order valence-corrected chi connectivity index (χ2v) is 8.01. The monoisotopic (exact) mass is 418 g/mol. The zero-order valence-electron chi connectivity index (χ0n) is 16.8. The van der Waals surface area contributed by atoms with Crippen molar-refractivity contribution >= 4 is 23.8 Å². The zero-order chi connectivity index (χ0) is 21.7. The van der Waals surface area contributed by atoms with E-state index in [1.165, 1.54) is 17.0 Å². The Labute approximate surface area is 174 Å². The van der Waals surface area contributed by atoms with Gasteiger partial charge in [-0.2, -0.15) is 0 Å². The zero-order valence-corrected chi connectivity index (χ0v) is 16.8. The van der Waals surface area contributed by atoms with Crippen molar-refractivity contribution in [1.82, 2.24) is 15.5 Å². The normalized spacial score (nSPS) is 18.5. The highest BCUT2D eigenvalue weighted by Gasteiger charge is 2.52. The van der Waals surface area contributed by atoms with Crippen molar-refractivity contribution in [3.63, 3.8) is 0 Å². The van der Waals surface area contributed by atoms with Crippen molar-refractivity contribution in [3.8, 4) is 0 Å². The molecule has 9 heteroatoms. The summed E-state index contributed by atoms with van der Waals surface area (Å²) in [7, 11) is 0. The van der Waals surface area contributed by atoms with E-state index in [4.69, 9.17) is 5.73 Å². The maximum Gasteiger partial charge on any atom is 0.325 e. The molecule has 4 N–H and O–H groups in total. The van der Waals surface area contributed by atoms with Crippen molar-refractivity contribution in [2.75, 3.05) is 13.1 Å². The van der Waals surface area contributed by atoms with Crippen LogP contribution in [0, 0.1) is 11.7 Å². The van der Waals surface area contributed by atoms with E-state index in [9.17, 15) is 23.6 Å². The van der Waals surface area contributed by atoms with Crippen LogP contribution in [0.15, 0.2) is 24.3 Å². The van der Waals surface area contributed by atoms with Gasteiger partial charge in [-0.3, -0.25) is 19.3 Å². The molecule has 1 unspecified atom stereocenters. The van der Waals surface area contributed by atoms with E-state index < -0.39 is 23.4 Å². The number of carbonyl (C=O) groups excluding carboxylic acids is 4. The van der Waals surface area contributed by atoms with Gasteiger partial charge in [-0.1, -0.05) is 25.0 Å². The van der Waals surface area contributed by atoms with Crippen molar-refractivity contribution < 1.29 is 23.6 Å². The molecular weight excluding hydrogens is 391 g/mol. The Kier molecular flexibility index (Phi) is 6.69. The number of benzene rings is 1. The third-order valence-corrected chi connectivity index (χ3v) is 5.83. The van der Waals surface area contributed by atoms with E-state index in [0.717, 1.165) is 18.4 Å². The summed E-state index contributed by atoms with van der Waals surface area (Å²) in [6.07, 6.45) is 3.91. The van der Waals surface area contributed by atoms with Gasteiger partial charge in [-0.05, 0) is 43.4 Å². The number of hydrogen-bond donors (Lipinski definition) is 3. The molecule has 1 aliphatic carbocycles. The van der Waals surface area contributed by atoms with E-state index in [1.54, 1.807) is 12.1 Å². The Bertz CT molecular complexity index is 821. The molecule has 5 amide bonds. The Balaban J connectivity index is 1.42. The molecule has 1 aromatic carbocycles. The molecule has 1 atom stereocenters. The second kappa shape index (κ2) is 9.23. The highest BCUT2D eigenvalue weighted by Crippen LogP contribution is 2.35. The Morgan fingerprint density at radius 1 is 1.20 bits per heavy atom. The third-order valence-electron chi connectivity index (χ3n) is 5.83. The van der Waals surface area contributed by atoms with Crippen LogP contribution < -0.4 is 16.4 Å². The summed E-state index contributed by atoms with van der Waals surface area (Å²) in [5, 5.41) is 5.48. The number of nitrogens with two attached hydrogens (primary N) is 1. The van der Waals surface area contributed by atoms with Gasteiger partial charge < -0.3 is 16.4 Å². The number of urea groups is 1. The van der Waals surface area contributed by atoms with E-state index >= 15 is 0 Å². The highest BCUT2D eigenvalue weighted by molar-refractivity contribution is 6.07. The fraction of sp³-hybridized carbons (Fsp3) is 0.524. The average Bonchev–Trinajstić information content (AvgIpc) is 3.26. The first-order valence-electron chi connectivity index (χ1n) is 10.3. The number of primary amides is 1. The van der Waals surface area contributed by atoms with Crippen LogP contribution in [0.25, 0.3) is 0 Å². The molecule has 2 aliphatic rings. The molecule has 3 rings (SSSR count). The lowest BCUT2D eigenvalue weighted by Gasteiger charge is -2.20. The number of rotatable bonds is 9. The third kappa shape index (κ3) is 4.95. The first kappa shape index (κ1) is 21.7. The predicted molar refractivity (Wildman–Crippen MR) is 106 cm³/mol. The van der Waals surface area contributed by atoms with Gasteiger partial charge in [0.1, 0.15) is 11.4 Å². The van der Waals surface area contributed by atoms with Gasteiger partial charge in [0.05, 0.1) is 5.92 Å². The molecule has 1 heterocycles. The van der Waals surface area contributed by atoms with Gasteiger partial charge in [-0.25, -0.2) is 9.18 Å². The number of nitrogens with one attached hydrogen (secondary N) is 2. The summed E-state index contributed by atoms with van der Waals surface area (Å²) < 4.78 is 13.0. The molecule has 0 bridgehead atoms. The van der Waals surface area contributed by atoms with E-state index in [1.807, 2.05) is 0 Å². The van der Waals surface area contributed by atoms with E-state index in [0.29, 0.717) is 25.7 Å². The van der Waals surface area contributed by atoms with Gasteiger partial charge in [0.2, 0.25) is 11.8 Å². The average molecular weight is 418 g/mol. The van der Waals surface area contributed by atoms with Crippen molar-refractivity contribution in [2.45, 2.75) is 50.5 Å². The molecule has 0 aromatic heterocycles. The largest absolute Gasteiger partial charge is 0.369 e. The Morgan fingerprint density at radius 2 is 1.87 bits per heavy atom. The SMILES string of the molecule is NC(=O)C(CNC(=O)CCCN1C(=O)NC2(CCCC2)C1=O)Cc1ccc(F)cc1. The lowest BCUT2D eigenvalue weighted by Crippen LogP contribution is -2.44. The standard InChI is InChI=1S/C21H27FN4O4/c22-16-7-5-14(6-8-16)12-15(18(23)28)13-24-17(27)4-3-11-26-19(29)21(25-20(26)30)9-1-2-10-21/h5-8,15H,1-4,9-13H2,(H2,23,28)(H,24,27)(H,25,30). The minimum absolute atomic E-state index is 0.0672. The second-order valence-electron chi connectivity index (χ2n) is 8.01. The fourth-order valence-corrected chi connectivity index (χ4v) is 4.10. The Hall–Kier alpha value is -2.97. The topological polar surface area (TPSA) is 122 Å². The summed E-state index contributed by atoms with van der Waals surface area (Å²) in [5.41, 5.74) is 5.42. The predicted octanol–water partition coefficient (Wildman–Crippen LogP) is 1.23. The number of halogens is 1. The van der Waals surface area contributed by atoms with Crippen molar-refractivity contribution in [3.05, 3.63) is 35.6 Å². The molecule has 1 saturated heterocycles. The summed E-state index contributed by atoms with van der Waals surface area (Å²) in [5.74, 6) is -2.03. The lowest BCUT2D eigenvalue weighted by molar-refractivity contribution is -0.131. The summed E-state index contributed by atoms with van der Waals surface area (Å²) in [6.45, 7) is 0.243. The van der Waals surface area contributed by atoms with Crippen LogP contribution in [0.5, 0.6) is 0 Å². The first-order chi connectivity index (χ1) is 14.3. The molecular formula is C21H27FN4O4. The summed E-state index contributed by atoms with van der Waals surface area (Å²) >= 11 is 0.